The van der Waals surface area contributed by atoms with Crippen LogP contribution in [0.15, 0.2) is 76.2 Å². The second-order valence-corrected chi connectivity index (χ2v) is 9.68. The number of hydrogen-bond donors (Lipinski definition) is 2. The van der Waals surface area contributed by atoms with E-state index in [9.17, 15) is 4.79 Å². The van der Waals surface area contributed by atoms with Crippen molar-refractivity contribution < 1.29 is 4.79 Å². The molecular formula is C28H37ClN4O. The molecule has 0 saturated carbocycles. The van der Waals surface area contributed by atoms with E-state index in [0.717, 1.165) is 30.4 Å². The van der Waals surface area contributed by atoms with E-state index in [1.54, 1.807) is 6.08 Å². The molecule has 2 aliphatic carbocycles. The van der Waals surface area contributed by atoms with Crippen LogP contribution in [-0.2, 0) is 11.8 Å². The van der Waals surface area contributed by atoms with Crippen molar-refractivity contribution in [3.8, 4) is 0 Å². The molecular weight excluding hydrogens is 444 g/mol. The van der Waals surface area contributed by atoms with Gasteiger partial charge >= 0.3 is 0 Å². The number of hydrogen-bond acceptors (Lipinski definition) is 3. The molecule has 1 unspecified atom stereocenters. The summed E-state index contributed by atoms with van der Waals surface area (Å²) in [6, 6.07) is 0.710. The van der Waals surface area contributed by atoms with E-state index in [1.807, 2.05) is 37.8 Å². The second-order valence-electron chi connectivity index (χ2n) is 9.27. The van der Waals surface area contributed by atoms with Gasteiger partial charge < -0.3 is 11.1 Å². The molecule has 0 radical (unpaired) electrons. The lowest BCUT2D eigenvalue weighted by Crippen LogP contribution is -2.33. The zero-order valence-electron chi connectivity index (χ0n) is 20.6. The number of amides is 1. The van der Waals surface area contributed by atoms with E-state index < -0.39 is 5.91 Å². The van der Waals surface area contributed by atoms with Gasteiger partial charge in [0.15, 0.2) is 0 Å². The van der Waals surface area contributed by atoms with Crippen molar-refractivity contribution in [3.63, 3.8) is 0 Å². The standard InChI is InChI=1S/C18H25N3.C10H12ClNO/c1-21-14-17(13-20-21)16-7-3-2-6-15(12-16)9-10-18-8-4-5-11-19-18;1-6-3-4-7(2)9(10(12)13)8(11)5-6/h2,6-7,12-14,18-19H,3-5,8-11H2,1H3;3,5H,4H2,1-2H3,(H2,12,13). The third kappa shape index (κ3) is 7.71. The van der Waals surface area contributed by atoms with Gasteiger partial charge in [-0.05, 0) is 76.1 Å². The molecule has 5 nitrogen and oxygen atoms in total. The molecule has 1 saturated heterocycles. The molecule has 1 aromatic rings. The molecule has 0 bridgehead atoms. The maximum absolute atomic E-state index is 11.1. The number of primary amides is 1. The Morgan fingerprint density at radius 1 is 1.26 bits per heavy atom. The highest BCUT2D eigenvalue weighted by Gasteiger charge is 2.15. The summed E-state index contributed by atoms with van der Waals surface area (Å²) in [5, 5.41) is 8.37. The van der Waals surface area contributed by atoms with Crippen LogP contribution in [0.3, 0.4) is 0 Å². The van der Waals surface area contributed by atoms with Crippen molar-refractivity contribution in [1.29, 1.82) is 0 Å². The van der Waals surface area contributed by atoms with Gasteiger partial charge in [0.2, 0.25) is 5.91 Å². The summed E-state index contributed by atoms with van der Waals surface area (Å²) < 4.78 is 1.87. The van der Waals surface area contributed by atoms with Crippen molar-refractivity contribution in [2.24, 2.45) is 12.8 Å². The number of allylic oxidation sites excluding steroid dienone is 10. The smallest absolute Gasteiger partial charge is 0.250 e. The Balaban J connectivity index is 0.000000215. The normalized spacial score (nSPS) is 20.8. The Kier molecular flexibility index (Phi) is 9.73. The van der Waals surface area contributed by atoms with Crippen LogP contribution >= 0.6 is 11.6 Å². The fraction of sp³-hybridized carbons (Fsp3) is 0.429. The molecule has 182 valence electrons. The van der Waals surface area contributed by atoms with Crippen molar-refractivity contribution in [2.45, 2.75) is 64.8 Å². The van der Waals surface area contributed by atoms with Gasteiger partial charge in [0.05, 0.1) is 16.8 Å². The quantitative estimate of drug-likeness (QED) is 0.553. The number of nitrogens with zero attached hydrogens (tertiary/aromatic N) is 2. The van der Waals surface area contributed by atoms with Crippen LogP contribution in [0.1, 0.15) is 64.4 Å². The molecule has 0 aromatic carbocycles. The zero-order chi connectivity index (χ0) is 24.5. The number of nitrogens with one attached hydrogen (secondary N) is 1. The fourth-order valence-electron chi connectivity index (χ4n) is 4.44. The molecule has 1 amide bonds. The summed E-state index contributed by atoms with van der Waals surface area (Å²) in [5.41, 5.74) is 11.6. The Labute approximate surface area is 208 Å². The maximum atomic E-state index is 11.1. The highest BCUT2D eigenvalue weighted by atomic mass is 35.5. The van der Waals surface area contributed by atoms with Gasteiger partial charge in [-0.1, -0.05) is 59.5 Å². The van der Waals surface area contributed by atoms with E-state index in [-0.39, 0.29) is 0 Å². The Morgan fingerprint density at radius 3 is 2.76 bits per heavy atom. The minimum atomic E-state index is -0.457. The SMILES string of the molecule is CC1=CCC(C)=C(C(N)=O)C(Cl)=C1.Cn1cc(C2=CCC=CC(CCC3CCCCN3)=C2)cn1. The van der Waals surface area contributed by atoms with E-state index in [0.29, 0.717) is 16.6 Å². The van der Waals surface area contributed by atoms with E-state index in [2.05, 4.69) is 40.9 Å². The van der Waals surface area contributed by atoms with Gasteiger partial charge in [0, 0.05) is 24.8 Å². The molecule has 2 heterocycles. The Hall–Kier alpha value is -2.63. The summed E-state index contributed by atoms with van der Waals surface area (Å²) in [6.45, 7) is 5.01. The topological polar surface area (TPSA) is 72.9 Å². The zero-order valence-corrected chi connectivity index (χ0v) is 21.4. The van der Waals surface area contributed by atoms with Crippen LogP contribution in [-0.4, -0.2) is 28.3 Å². The first-order valence-corrected chi connectivity index (χ1v) is 12.5. The number of rotatable bonds is 5. The van der Waals surface area contributed by atoms with Gasteiger partial charge in [0.25, 0.3) is 0 Å². The molecule has 1 atom stereocenters. The minimum Gasteiger partial charge on any atom is -0.366 e. The molecule has 3 N–H and O–H groups in total. The predicted molar refractivity (Wildman–Crippen MR) is 142 cm³/mol. The minimum absolute atomic E-state index is 0.441. The number of aryl methyl sites for hydroxylation is 1. The van der Waals surface area contributed by atoms with Crippen LogP contribution in [0.4, 0.5) is 0 Å². The Bertz CT molecular complexity index is 1060. The summed E-state index contributed by atoms with van der Waals surface area (Å²) in [4.78, 5) is 11.1. The van der Waals surface area contributed by atoms with Crippen molar-refractivity contribution in [2.75, 3.05) is 6.54 Å². The highest BCUT2D eigenvalue weighted by Crippen LogP contribution is 2.26. The number of piperidine rings is 1. The van der Waals surface area contributed by atoms with Crippen LogP contribution in [0.5, 0.6) is 0 Å². The molecule has 1 aromatic heterocycles. The largest absolute Gasteiger partial charge is 0.366 e. The summed E-state index contributed by atoms with van der Waals surface area (Å²) >= 11 is 5.93. The molecule has 34 heavy (non-hydrogen) atoms. The molecule has 1 fully saturated rings. The number of nitrogens with two attached hydrogens (primary N) is 1. The lowest BCUT2D eigenvalue weighted by molar-refractivity contribution is -0.114. The van der Waals surface area contributed by atoms with E-state index in [4.69, 9.17) is 17.3 Å². The first-order valence-electron chi connectivity index (χ1n) is 12.2. The molecule has 1 aliphatic heterocycles. The highest BCUT2D eigenvalue weighted by molar-refractivity contribution is 6.35. The third-order valence-electron chi connectivity index (χ3n) is 6.38. The van der Waals surface area contributed by atoms with Gasteiger partial charge in [-0.25, -0.2) is 0 Å². The van der Waals surface area contributed by atoms with Crippen LogP contribution < -0.4 is 11.1 Å². The Morgan fingerprint density at radius 2 is 2.09 bits per heavy atom. The summed E-state index contributed by atoms with van der Waals surface area (Å²) in [7, 11) is 1.97. The van der Waals surface area contributed by atoms with E-state index >= 15 is 0 Å². The lowest BCUT2D eigenvalue weighted by Gasteiger charge is -2.23. The van der Waals surface area contributed by atoms with Gasteiger partial charge in [-0.15, -0.1) is 0 Å². The number of carbonyl (C=O) groups excluding carboxylic acids is 1. The lowest BCUT2D eigenvalue weighted by atomic mass is 9.96. The van der Waals surface area contributed by atoms with Crippen molar-refractivity contribution in [3.05, 3.63) is 81.7 Å². The summed E-state index contributed by atoms with van der Waals surface area (Å²) in [6.07, 6.45) is 25.2. The van der Waals surface area contributed by atoms with E-state index in [1.165, 1.54) is 48.9 Å². The van der Waals surface area contributed by atoms with Gasteiger partial charge in [-0.3, -0.25) is 9.48 Å². The maximum Gasteiger partial charge on any atom is 0.250 e. The number of halogens is 1. The second kappa shape index (κ2) is 12.7. The first-order chi connectivity index (χ1) is 16.3. The van der Waals surface area contributed by atoms with Crippen molar-refractivity contribution in [1.82, 2.24) is 15.1 Å². The number of aromatic nitrogens is 2. The average Bonchev–Trinajstić information content (AvgIpc) is 3.02. The van der Waals surface area contributed by atoms with Crippen molar-refractivity contribution >= 4 is 23.1 Å². The van der Waals surface area contributed by atoms with Crippen LogP contribution in [0.2, 0.25) is 0 Å². The third-order valence-corrected chi connectivity index (χ3v) is 6.67. The molecule has 6 heteroatoms. The van der Waals surface area contributed by atoms with Crippen LogP contribution in [0, 0.1) is 0 Å². The average molecular weight is 481 g/mol. The first kappa shape index (κ1) is 26.0. The number of carbonyl (C=O) groups is 1. The molecule has 0 spiro atoms. The fourth-order valence-corrected chi connectivity index (χ4v) is 4.86. The molecule has 4 rings (SSSR count). The van der Waals surface area contributed by atoms with Crippen LogP contribution in [0.25, 0.3) is 5.57 Å². The molecule has 3 aliphatic rings. The van der Waals surface area contributed by atoms with Gasteiger partial charge in [-0.2, -0.15) is 5.10 Å². The monoisotopic (exact) mass is 480 g/mol. The van der Waals surface area contributed by atoms with Gasteiger partial charge in [0.1, 0.15) is 0 Å². The summed E-state index contributed by atoms with van der Waals surface area (Å²) in [5.74, 6) is -0.457. The predicted octanol–water partition coefficient (Wildman–Crippen LogP) is 5.87.